The first kappa shape index (κ1) is 23.6. The summed E-state index contributed by atoms with van der Waals surface area (Å²) in [5, 5.41) is 9.60. The minimum absolute atomic E-state index is 0.154. The van der Waals surface area contributed by atoms with Crippen molar-refractivity contribution in [2.45, 2.75) is 57.7 Å². The van der Waals surface area contributed by atoms with Crippen molar-refractivity contribution in [3.05, 3.63) is 35.9 Å². The van der Waals surface area contributed by atoms with E-state index in [1.165, 1.54) is 11.8 Å². The quantitative estimate of drug-likeness (QED) is 0.473. The van der Waals surface area contributed by atoms with E-state index >= 15 is 0 Å². The molecule has 1 rings (SSSR count). The van der Waals surface area contributed by atoms with Crippen molar-refractivity contribution >= 4 is 34.1 Å². The molecule has 1 atom stereocenters. The van der Waals surface area contributed by atoms with Crippen LogP contribution in [0.25, 0.3) is 0 Å². The number of esters is 1. The smallest absolute Gasteiger partial charge is 0.305 e. The van der Waals surface area contributed by atoms with Gasteiger partial charge in [-0.15, -0.1) is 0 Å². The number of benzene rings is 1. The molecule has 0 heterocycles. The number of rotatable bonds is 9. The molecule has 0 amide bonds. The molecule has 27 heavy (non-hydrogen) atoms. The van der Waals surface area contributed by atoms with E-state index in [-0.39, 0.29) is 30.8 Å². The van der Waals surface area contributed by atoms with Crippen LogP contribution in [-0.4, -0.2) is 27.1 Å². The number of hydrogen-bond donors (Lipinski definition) is 1. The molecule has 0 saturated carbocycles. The van der Waals surface area contributed by atoms with Gasteiger partial charge < -0.3 is 10.5 Å². The van der Waals surface area contributed by atoms with Crippen molar-refractivity contribution in [2.75, 3.05) is 6.61 Å². The third kappa shape index (κ3) is 6.91. The second-order valence-electron chi connectivity index (χ2n) is 7.68. The second kappa shape index (κ2) is 10.2. The average molecular weight is 407 g/mol. The third-order valence-electron chi connectivity index (χ3n) is 5.00. The van der Waals surface area contributed by atoms with Crippen LogP contribution in [0.15, 0.2) is 30.3 Å². The average Bonchev–Trinajstić information content (AvgIpc) is 2.64. The fourth-order valence-electron chi connectivity index (χ4n) is 2.59. The Labute approximate surface area is 172 Å². The van der Waals surface area contributed by atoms with Crippen LogP contribution in [0.5, 0.6) is 0 Å². The van der Waals surface area contributed by atoms with Crippen LogP contribution in [0, 0.1) is 23.2 Å². The summed E-state index contributed by atoms with van der Waals surface area (Å²) in [5.41, 5.74) is 6.77. The maximum absolute atomic E-state index is 12.2. The fraction of sp³-hybridized carbons (Fsp3) is 0.571. The Morgan fingerprint density at radius 1 is 1.26 bits per heavy atom. The summed E-state index contributed by atoms with van der Waals surface area (Å²) in [7, 11) is 0. The normalized spacial score (nSPS) is 13.9. The third-order valence-corrected chi connectivity index (χ3v) is 6.66. The number of nitrogens with zero attached hydrogens (tertiary/aromatic N) is 1. The van der Waals surface area contributed by atoms with Gasteiger partial charge in [-0.05, 0) is 30.7 Å². The van der Waals surface area contributed by atoms with Crippen LogP contribution in [0.3, 0.4) is 0 Å². The van der Waals surface area contributed by atoms with Crippen LogP contribution in [-0.2, 0) is 9.53 Å². The van der Waals surface area contributed by atoms with E-state index in [1.807, 2.05) is 58.0 Å². The highest BCUT2D eigenvalue weighted by Crippen LogP contribution is 2.33. The number of carbonyl (C=O) groups is 1. The number of hydrogen-bond acceptors (Lipinski definition) is 6. The van der Waals surface area contributed by atoms with Gasteiger partial charge >= 0.3 is 5.97 Å². The zero-order valence-corrected chi connectivity index (χ0v) is 18.5. The molecule has 2 N–H and O–H groups in total. The molecule has 0 radical (unpaired) electrons. The van der Waals surface area contributed by atoms with Crippen LogP contribution in [0.4, 0.5) is 0 Å². The van der Waals surface area contributed by atoms with Gasteiger partial charge in [0.15, 0.2) is 0 Å². The van der Waals surface area contributed by atoms with Gasteiger partial charge in [0.2, 0.25) is 0 Å². The molecule has 4 nitrogen and oxygen atoms in total. The zero-order valence-electron chi connectivity index (χ0n) is 16.8. The van der Waals surface area contributed by atoms with E-state index in [4.69, 9.17) is 22.7 Å². The van der Waals surface area contributed by atoms with E-state index in [0.717, 1.165) is 5.56 Å². The Bertz CT molecular complexity index is 675. The summed E-state index contributed by atoms with van der Waals surface area (Å²) >= 11 is 6.76. The van der Waals surface area contributed by atoms with Gasteiger partial charge in [0, 0.05) is 6.42 Å². The molecule has 0 bridgehead atoms. The SMILES string of the molecule is CC(C)C(N)(COC(=O)CCC(C)(C#N)SC(=S)c1ccccc1)C(C)C. The van der Waals surface area contributed by atoms with E-state index in [0.29, 0.717) is 10.6 Å². The van der Waals surface area contributed by atoms with E-state index < -0.39 is 10.3 Å². The van der Waals surface area contributed by atoms with Crippen molar-refractivity contribution in [1.29, 1.82) is 5.26 Å². The summed E-state index contributed by atoms with van der Waals surface area (Å²) in [6.07, 6.45) is 0.516. The van der Waals surface area contributed by atoms with Crippen LogP contribution in [0.2, 0.25) is 0 Å². The topological polar surface area (TPSA) is 76.1 Å². The van der Waals surface area contributed by atoms with Gasteiger partial charge in [0.25, 0.3) is 0 Å². The highest BCUT2D eigenvalue weighted by molar-refractivity contribution is 8.24. The van der Waals surface area contributed by atoms with Crippen molar-refractivity contribution < 1.29 is 9.53 Å². The monoisotopic (exact) mass is 406 g/mol. The molecule has 6 heteroatoms. The molecule has 0 aromatic heterocycles. The standard InChI is InChI=1S/C21H30N2O2S2/c1-15(2)21(23,16(3)4)14-25-18(24)11-12-20(5,13-22)27-19(26)17-9-7-6-8-10-17/h6-10,15-16H,11-12,14,23H2,1-5H3. The maximum atomic E-state index is 12.2. The first-order valence-corrected chi connectivity index (χ1v) is 10.4. The van der Waals surface area contributed by atoms with Crippen LogP contribution in [0.1, 0.15) is 53.0 Å². The lowest BCUT2D eigenvalue weighted by Gasteiger charge is -2.37. The first-order valence-electron chi connectivity index (χ1n) is 9.18. The molecule has 1 unspecified atom stereocenters. The first-order chi connectivity index (χ1) is 12.5. The Morgan fingerprint density at radius 2 is 1.81 bits per heavy atom. The number of nitrogens with two attached hydrogens (primary N) is 1. The van der Waals surface area contributed by atoms with Gasteiger partial charge in [-0.25, -0.2) is 0 Å². The maximum Gasteiger partial charge on any atom is 0.305 e. The van der Waals surface area contributed by atoms with Gasteiger partial charge in [0.05, 0.1) is 15.8 Å². The minimum Gasteiger partial charge on any atom is -0.464 e. The van der Waals surface area contributed by atoms with Gasteiger partial charge in [-0.2, -0.15) is 5.26 Å². The molecule has 0 aliphatic heterocycles. The van der Waals surface area contributed by atoms with Crippen molar-refractivity contribution in [2.24, 2.45) is 17.6 Å². The predicted octanol–water partition coefficient (Wildman–Crippen LogP) is 4.71. The van der Waals surface area contributed by atoms with Gasteiger partial charge in [0.1, 0.15) is 11.4 Å². The molecule has 1 aromatic rings. The molecular formula is C21H30N2O2S2. The molecule has 0 fully saturated rings. The van der Waals surface area contributed by atoms with Crippen LogP contribution < -0.4 is 5.73 Å². The van der Waals surface area contributed by atoms with Crippen LogP contribution >= 0.6 is 24.0 Å². The molecule has 0 saturated heterocycles. The van der Waals surface area contributed by atoms with E-state index in [2.05, 4.69) is 6.07 Å². The molecule has 1 aromatic carbocycles. The lowest BCUT2D eigenvalue weighted by Crippen LogP contribution is -2.54. The number of nitriles is 1. The lowest BCUT2D eigenvalue weighted by molar-refractivity contribution is -0.147. The highest BCUT2D eigenvalue weighted by atomic mass is 32.2. The van der Waals surface area contributed by atoms with Crippen molar-refractivity contribution in [1.82, 2.24) is 0 Å². The molecule has 0 spiro atoms. The van der Waals surface area contributed by atoms with E-state index in [1.54, 1.807) is 6.92 Å². The molecule has 0 aliphatic rings. The summed E-state index contributed by atoms with van der Waals surface area (Å²) in [5.74, 6) is 0.0424. The summed E-state index contributed by atoms with van der Waals surface area (Å²) in [6.45, 7) is 10.1. The van der Waals surface area contributed by atoms with Gasteiger partial charge in [-0.3, -0.25) is 4.79 Å². The number of thiocarbonyl (C=S) groups is 1. The minimum atomic E-state index is -0.790. The summed E-state index contributed by atoms with van der Waals surface area (Å²) in [4.78, 5) is 12.2. The summed E-state index contributed by atoms with van der Waals surface area (Å²) in [6, 6.07) is 11.9. The second-order valence-corrected chi connectivity index (χ2v) is 9.86. The van der Waals surface area contributed by atoms with E-state index in [9.17, 15) is 10.1 Å². The van der Waals surface area contributed by atoms with Crippen molar-refractivity contribution in [3.8, 4) is 6.07 Å². The Hall–Kier alpha value is -1.42. The molecule has 0 aliphatic carbocycles. The molecule has 148 valence electrons. The number of ether oxygens (including phenoxy) is 1. The zero-order chi connectivity index (χ0) is 20.7. The molecular weight excluding hydrogens is 376 g/mol. The number of carbonyl (C=O) groups excluding carboxylic acids is 1. The van der Waals surface area contributed by atoms with Crippen molar-refractivity contribution in [3.63, 3.8) is 0 Å². The summed E-state index contributed by atoms with van der Waals surface area (Å²) < 4.78 is 5.30. The largest absolute Gasteiger partial charge is 0.464 e. The number of thioether (sulfide) groups is 1. The Balaban J connectivity index is 2.62. The fourth-order valence-corrected chi connectivity index (χ4v) is 4.19. The lowest BCUT2D eigenvalue weighted by atomic mass is 9.78. The predicted molar refractivity (Wildman–Crippen MR) is 117 cm³/mol. The Kier molecular flexibility index (Phi) is 8.93. The highest BCUT2D eigenvalue weighted by Gasteiger charge is 2.35. The van der Waals surface area contributed by atoms with Gasteiger partial charge in [-0.1, -0.05) is 82.0 Å². The Morgan fingerprint density at radius 3 is 2.30 bits per heavy atom.